The highest BCUT2D eigenvalue weighted by Gasteiger charge is 2.30. The summed E-state index contributed by atoms with van der Waals surface area (Å²) < 4.78 is 7.75. The van der Waals surface area contributed by atoms with Crippen molar-refractivity contribution in [2.24, 2.45) is 13.0 Å². The van der Waals surface area contributed by atoms with E-state index in [0.717, 1.165) is 26.1 Å². The van der Waals surface area contributed by atoms with Crippen LogP contribution in [0.25, 0.3) is 0 Å². The molecule has 0 aliphatic carbocycles. The molecule has 6 heteroatoms. The van der Waals surface area contributed by atoms with E-state index < -0.39 is 0 Å². The zero-order chi connectivity index (χ0) is 16.4. The Hall–Kier alpha value is -1.24. The molecule has 2 aromatic rings. The maximum atomic E-state index is 5.91. The molecule has 1 fully saturated rings. The van der Waals surface area contributed by atoms with E-state index in [1.54, 1.807) is 11.3 Å². The monoisotopic (exact) mass is 334 g/mol. The highest BCUT2D eigenvalue weighted by Crippen LogP contribution is 2.34. The standard InChI is InChI=1S/C17H26N4OS/c1-17(2,3)16-19-10-14(23-16)9-18-7-12-5-6-22-15(12)13-8-20-21(4)11-13/h8,10-12,15,18H,5-7,9H2,1-4H3. The summed E-state index contributed by atoms with van der Waals surface area (Å²) in [6, 6.07) is 0. The third kappa shape index (κ3) is 4.00. The molecule has 1 aliphatic heterocycles. The van der Waals surface area contributed by atoms with Crippen molar-refractivity contribution in [3.63, 3.8) is 0 Å². The van der Waals surface area contributed by atoms with Crippen LogP contribution in [0.2, 0.25) is 0 Å². The summed E-state index contributed by atoms with van der Waals surface area (Å²) in [7, 11) is 1.95. The molecule has 3 rings (SSSR count). The Labute approximate surface area is 142 Å². The molecule has 2 unspecified atom stereocenters. The van der Waals surface area contributed by atoms with Crippen molar-refractivity contribution in [2.45, 2.75) is 45.3 Å². The van der Waals surface area contributed by atoms with Gasteiger partial charge in [0.15, 0.2) is 0 Å². The number of nitrogens with one attached hydrogen (secondary N) is 1. The normalized spacial score (nSPS) is 21.9. The smallest absolute Gasteiger partial charge is 0.0981 e. The van der Waals surface area contributed by atoms with E-state index in [4.69, 9.17) is 4.74 Å². The van der Waals surface area contributed by atoms with E-state index in [1.807, 2.05) is 24.1 Å². The van der Waals surface area contributed by atoms with Gasteiger partial charge in [-0.1, -0.05) is 20.8 Å². The van der Waals surface area contributed by atoms with E-state index in [2.05, 4.69) is 42.4 Å². The van der Waals surface area contributed by atoms with E-state index in [9.17, 15) is 0 Å². The van der Waals surface area contributed by atoms with Crippen molar-refractivity contribution in [3.8, 4) is 0 Å². The van der Waals surface area contributed by atoms with E-state index in [0.29, 0.717) is 5.92 Å². The number of ether oxygens (including phenoxy) is 1. The highest BCUT2D eigenvalue weighted by atomic mass is 32.1. The molecule has 0 amide bonds. The Morgan fingerprint density at radius 3 is 2.87 bits per heavy atom. The lowest BCUT2D eigenvalue weighted by atomic mass is 9.97. The molecule has 0 saturated carbocycles. The van der Waals surface area contributed by atoms with Crippen molar-refractivity contribution >= 4 is 11.3 Å². The predicted octanol–water partition coefficient (Wildman–Crippen LogP) is 3.04. The third-order valence-electron chi connectivity index (χ3n) is 4.17. The van der Waals surface area contributed by atoms with Gasteiger partial charge in [0.1, 0.15) is 0 Å². The SMILES string of the molecule is Cn1cc(C2OCCC2CNCc2cnc(C(C)(C)C)s2)cn1. The van der Waals surface area contributed by atoms with Gasteiger partial charge in [0.25, 0.3) is 0 Å². The summed E-state index contributed by atoms with van der Waals surface area (Å²) in [6.07, 6.45) is 7.25. The summed E-state index contributed by atoms with van der Waals surface area (Å²) in [5, 5.41) is 9.04. The first kappa shape index (κ1) is 16.6. The molecule has 0 bridgehead atoms. The lowest BCUT2D eigenvalue weighted by molar-refractivity contribution is 0.0904. The van der Waals surface area contributed by atoms with Gasteiger partial charge in [-0.2, -0.15) is 5.10 Å². The van der Waals surface area contributed by atoms with Crippen LogP contribution < -0.4 is 5.32 Å². The third-order valence-corrected chi connectivity index (χ3v) is 5.59. The Morgan fingerprint density at radius 2 is 2.22 bits per heavy atom. The van der Waals surface area contributed by atoms with Crippen molar-refractivity contribution in [2.75, 3.05) is 13.2 Å². The quantitative estimate of drug-likeness (QED) is 0.913. The van der Waals surface area contributed by atoms with Crippen LogP contribution in [0.15, 0.2) is 18.6 Å². The van der Waals surface area contributed by atoms with Crippen molar-refractivity contribution in [1.29, 1.82) is 0 Å². The molecular weight excluding hydrogens is 308 g/mol. The average Bonchev–Trinajstić information content (AvgIpc) is 3.17. The topological polar surface area (TPSA) is 52.0 Å². The van der Waals surface area contributed by atoms with Gasteiger partial charge < -0.3 is 10.1 Å². The molecule has 126 valence electrons. The van der Waals surface area contributed by atoms with Crippen LogP contribution in [0.1, 0.15) is 48.7 Å². The molecule has 3 heterocycles. The van der Waals surface area contributed by atoms with Crippen LogP contribution >= 0.6 is 11.3 Å². The summed E-state index contributed by atoms with van der Waals surface area (Å²) >= 11 is 1.80. The lowest BCUT2D eigenvalue weighted by Crippen LogP contribution is -2.24. The predicted molar refractivity (Wildman–Crippen MR) is 92.5 cm³/mol. The first-order chi connectivity index (χ1) is 10.9. The maximum absolute atomic E-state index is 5.91. The molecule has 2 aromatic heterocycles. The average molecular weight is 334 g/mol. The molecule has 1 N–H and O–H groups in total. The fourth-order valence-electron chi connectivity index (χ4n) is 2.92. The number of aromatic nitrogens is 3. The zero-order valence-electron chi connectivity index (χ0n) is 14.4. The van der Waals surface area contributed by atoms with Crippen LogP contribution in [0.4, 0.5) is 0 Å². The minimum atomic E-state index is 0.133. The van der Waals surface area contributed by atoms with Crippen LogP contribution in [-0.4, -0.2) is 27.9 Å². The fourth-order valence-corrected chi connectivity index (χ4v) is 3.85. The minimum absolute atomic E-state index is 0.133. The van der Waals surface area contributed by atoms with Crippen molar-refractivity contribution < 1.29 is 4.74 Å². The minimum Gasteiger partial charge on any atom is -0.373 e. The number of hydrogen-bond acceptors (Lipinski definition) is 5. The fraction of sp³-hybridized carbons (Fsp3) is 0.647. The summed E-state index contributed by atoms with van der Waals surface area (Å²) in [6.45, 7) is 9.29. The van der Waals surface area contributed by atoms with Crippen LogP contribution in [-0.2, 0) is 23.7 Å². The van der Waals surface area contributed by atoms with Crippen LogP contribution in [0.5, 0.6) is 0 Å². The van der Waals surface area contributed by atoms with Crippen LogP contribution in [0.3, 0.4) is 0 Å². The van der Waals surface area contributed by atoms with Gasteiger partial charge in [0, 0.05) is 60.9 Å². The first-order valence-corrected chi connectivity index (χ1v) is 9.01. The van der Waals surface area contributed by atoms with Gasteiger partial charge in [-0.05, 0) is 6.42 Å². The van der Waals surface area contributed by atoms with Crippen molar-refractivity contribution in [3.05, 3.63) is 34.0 Å². The molecule has 23 heavy (non-hydrogen) atoms. The molecule has 5 nitrogen and oxygen atoms in total. The van der Waals surface area contributed by atoms with Gasteiger partial charge in [0.05, 0.1) is 17.3 Å². The second-order valence-electron chi connectivity index (χ2n) is 7.30. The first-order valence-electron chi connectivity index (χ1n) is 8.19. The Balaban J connectivity index is 1.53. The van der Waals surface area contributed by atoms with E-state index >= 15 is 0 Å². The molecular formula is C17H26N4OS. The molecule has 0 radical (unpaired) electrons. The van der Waals surface area contributed by atoms with Crippen LogP contribution in [0, 0.1) is 5.92 Å². The van der Waals surface area contributed by atoms with E-state index in [-0.39, 0.29) is 11.5 Å². The Morgan fingerprint density at radius 1 is 1.39 bits per heavy atom. The molecule has 1 aliphatic rings. The summed E-state index contributed by atoms with van der Waals surface area (Å²) in [4.78, 5) is 5.84. The highest BCUT2D eigenvalue weighted by molar-refractivity contribution is 7.11. The van der Waals surface area contributed by atoms with E-state index in [1.165, 1.54) is 15.4 Å². The summed E-state index contributed by atoms with van der Waals surface area (Å²) in [5.74, 6) is 0.509. The number of nitrogens with zero attached hydrogens (tertiary/aromatic N) is 3. The van der Waals surface area contributed by atoms with Gasteiger partial charge in [0.2, 0.25) is 0 Å². The second-order valence-corrected chi connectivity index (χ2v) is 8.42. The molecule has 0 spiro atoms. The number of thiazole rings is 1. The number of aryl methyl sites for hydroxylation is 1. The molecule has 1 saturated heterocycles. The lowest BCUT2D eigenvalue weighted by Gasteiger charge is -2.17. The van der Waals surface area contributed by atoms with Crippen molar-refractivity contribution in [1.82, 2.24) is 20.1 Å². The Bertz CT molecular complexity index is 643. The zero-order valence-corrected chi connectivity index (χ0v) is 15.2. The van der Waals surface area contributed by atoms with Gasteiger partial charge >= 0.3 is 0 Å². The maximum Gasteiger partial charge on any atom is 0.0981 e. The van der Waals surface area contributed by atoms with Gasteiger partial charge in [-0.15, -0.1) is 11.3 Å². The van der Waals surface area contributed by atoms with Gasteiger partial charge in [-0.3, -0.25) is 4.68 Å². The largest absolute Gasteiger partial charge is 0.373 e. The molecule has 2 atom stereocenters. The molecule has 0 aromatic carbocycles. The number of hydrogen-bond donors (Lipinski definition) is 1. The second kappa shape index (κ2) is 6.71. The Kier molecular flexibility index (Phi) is 4.85. The summed E-state index contributed by atoms with van der Waals surface area (Å²) in [5.41, 5.74) is 1.32. The van der Waals surface area contributed by atoms with Gasteiger partial charge in [-0.25, -0.2) is 4.98 Å². The number of rotatable bonds is 5.